The Kier molecular flexibility index (Phi) is 14.5. The molecule has 0 aromatic carbocycles. The Bertz CT molecular complexity index is 464. The molecule has 6 heteroatoms. The third-order valence-corrected chi connectivity index (χ3v) is 6.53. The maximum absolute atomic E-state index is 11.8. The molecule has 0 bridgehead atoms. The zero-order valence-corrected chi connectivity index (χ0v) is 20.6. The van der Waals surface area contributed by atoms with Gasteiger partial charge in [-0.05, 0) is 50.7 Å². The van der Waals surface area contributed by atoms with E-state index in [0.29, 0.717) is 11.7 Å². The summed E-state index contributed by atoms with van der Waals surface area (Å²) in [6.07, 6.45) is 8.27. The third kappa shape index (κ3) is 16.6. The Morgan fingerprint density at radius 3 is 1.93 bits per heavy atom. The molecule has 29 heavy (non-hydrogen) atoms. The van der Waals surface area contributed by atoms with Crippen LogP contribution in [0.1, 0.15) is 93.4 Å². The maximum atomic E-state index is 11.8. The summed E-state index contributed by atoms with van der Waals surface area (Å²) in [6, 6.07) is -0.924. The first-order chi connectivity index (χ1) is 13.4. The van der Waals surface area contributed by atoms with Crippen molar-refractivity contribution in [2.45, 2.75) is 105 Å². The number of carbonyl (C=O) groups excluding carboxylic acids is 1. The van der Waals surface area contributed by atoms with Crippen molar-refractivity contribution in [1.82, 2.24) is 5.32 Å². The molecule has 5 nitrogen and oxygen atoms in total. The smallest absolute Gasteiger partial charge is 0.408 e. The van der Waals surface area contributed by atoms with Crippen molar-refractivity contribution in [3.8, 4) is 0 Å². The molecule has 4 unspecified atom stereocenters. The summed E-state index contributed by atoms with van der Waals surface area (Å²) < 4.78 is 5.15. The van der Waals surface area contributed by atoms with Crippen LogP contribution in [0.2, 0.25) is 0 Å². The normalized spacial score (nSPS) is 16.0. The first kappa shape index (κ1) is 28.1. The van der Waals surface area contributed by atoms with Crippen molar-refractivity contribution in [1.29, 1.82) is 0 Å². The standard InChI is InChI=1S/C23H45NO4S/c1-8-17(2)11-9-12-18(3)13-10-14-19(4)15-29-16-20(21(25)26)24-22(27)28-23(5,6)7/h17-20H,8-16H2,1-7H3,(H,24,27)(H,25,26). The lowest BCUT2D eigenvalue weighted by atomic mass is 9.93. The van der Waals surface area contributed by atoms with E-state index in [4.69, 9.17) is 4.74 Å². The van der Waals surface area contributed by atoms with Gasteiger partial charge in [0.1, 0.15) is 11.6 Å². The Balaban J connectivity index is 4.00. The van der Waals surface area contributed by atoms with Gasteiger partial charge >= 0.3 is 12.1 Å². The first-order valence-corrected chi connectivity index (χ1v) is 12.4. The van der Waals surface area contributed by atoms with Gasteiger partial charge in [0.25, 0.3) is 0 Å². The van der Waals surface area contributed by atoms with Gasteiger partial charge in [-0.3, -0.25) is 0 Å². The summed E-state index contributed by atoms with van der Waals surface area (Å²) in [5.41, 5.74) is -0.639. The van der Waals surface area contributed by atoms with E-state index in [9.17, 15) is 14.7 Å². The lowest BCUT2D eigenvalue weighted by Gasteiger charge is -2.22. The van der Waals surface area contributed by atoms with E-state index in [1.54, 1.807) is 32.5 Å². The number of amides is 1. The van der Waals surface area contributed by atoms with E-state index in [2.05, 4.69) is 33.0 Å². The number of alkyl carbamates (subject to hydrolysis) is 1. The molecule has 0 spiro atoms. The second-order valence-electron chi connectivity index (χ2n) is 9.66. The fourth-order valence-electron chi connectivity index (χ4n) is 3.07. The van der Waals surface area contributed by atoms with Crippen LogP contribution in [-0.4, -0.2) is 40.3 Å². The van der Waals surface area contributed by atoms with Gasteiger partial charge in [0.05, 0.1) is 0 Å². The monoisotopic (exact) mass is 431 g/mol. The van der Waals surface area contributed by atoms with Crippen molar-refractivity contribution in [3.63, 3.8) is 0 Å². The molecular formula is C23H45NO4S. The van der Waals surface area contributed by atoms with Gasteiger partial charge < -0.3 is 15.2 Å². The van der Waals surface area contributed by atoms with Crippen LogP contribution in [0.4, 0.5) is 4.79 Å². The van der Waals surface area contributed by atoms with Crippen LogP contribution < -0.4 is 5.32 Å². The highest BCUT2D eigenvalue weighted by molar-refractivity contribution is 7.99. The molecule has 0 saturated heterocycles. The number of nitrogens with one attached hydrogen (secondary N) is 1. The van der Waals surface area contributed by atoms with Crippen molar-refractivity contribution < 1.29 is 19.4 Å². The number of carboxylic acid groups (broad SMARTS) is 1. The Hall–Kier alpha value is -0.910. The van der Waals surface area contributed by atoms with Gasteiger partial charge in [-0.25, -0.2) is 9.59 Å². The van der Waals surface area contributed by atoms with Gasteiger partial charge in [0, 0.05) is 5.75 Å². The zero-order chi connectivity index (χ0) is 22.4. The Labute approximate surface area is 183 Å². The van der Waals surface area contributed by atoms with Crippen molar-refractivity contribution >= 4 is 23.8 Å². The predicted octanol–water partition coefficient (Wildman–Crippen LogP) is 6.36. The molecule has 0 aliphatic carbocycles. The van der Waals surface area contributed by atoms with Crippen molar-refractivity contribution in [2.75, 3.05) is 11.5 Å². The summed E-state index contributed by atoms with van der Waals surface area (Å²) in [7, 11) is 0. The number of hydrogen-bond donors (Lipinski definition) is 2. The number of carbonyl (C=O) groups is 2. The minimum absolute atomic E-state index is 0.352. The van der Waals surface area contributed by atoms with Gasteiger partial charge in [0.15, 0.2) is 0 Å². The van der Waals surface area contributed by atoms with Crippen molar-refractivity contribution in [3.05, 3.63) is 0 Å². The van der Waals surface area contributed by atoms with E-state index >= 15 is 0 Å². The Morgan fingerprint density at radius 1 is 0.931 bits per heavy atom. The second kappa shape index (κ2) is 15.0. The van der Waals surface area contributed by atoms with Crippen molar-refractivity contribution in [2.24, 2.45) is 17.8 Å². The molecule has 1 amide bonds. The quantitative estimate of drug-likeness (QED) is 0.316. The molecule has 0 aromatic rings. The summed E-state index contributed by atoms with van der Waals surface area (Å²) in [6.45, 7) is 14.4. The lowest BCUT2D eigenvalue weighted by Crippen LogP contribution is -2.45. The van der Waals surface area contributed by atoms with Crippen LogP contribution in [0.15, 0.2) is 0 Å². The number of ether oxygens (including phenoxy) is 1. The lowest BCUT2D eigenvalue weighted by molar-refractivity contribution is -0.138. The van der Waals surface area contributed by atoms with E-state index in [0.717, 1.165) is 17.6 Å². The largest absolute Gasteiger partial charge is 0.480 e. The van der Waals surface area contributed by atoms with E-state index in [1.165, 1.54) is 44.9 Å². The van der Waals surface area contributed by atoms with Gasteiger partial charge in [-0.2, -0.15) is 11.8 Å². The van der Waals surface area contributed by atoms with Gasteiger partial charge in [0.2, 0.25) is 0 Å². The second-order valence-corrected chi connectivity index (χ2v) is 10.7. The van der Waals surface area contributed by atoms with E-state index < -0.39 is 23.7 Å². The summed E-state index contributed by atoms with van der Waals surface area (Å²) in [5, 5.41) is 11.8. The predicted molar refractivity (Wildman–Crippen MR) is 124 cm³/mol. The number of rotatable bonds is 15. The fourth-order valence-corrected chi connectivity index (χ4v) is 4.24. The van der Waals surface area contributed by atoms with Crippen LogP contribution >= 0.6 is 11.8 Å². The summed E-state index contributed by atoms with van der Waals surface area (Å²) >= 11 is 1.59. The van der Waals surface area contributed by atoms with E-state index in [-0.39, 0.29) is 0 Å². The zero-order valence-electron chi connectivity index (χ0n) is 19.8. The molecule has 0 aliphatic heterocycles. The average molecular weight is 432 g/mol. The highest BCUT2D eigenvalue weighted by Gasteiger charge is 2.24. The number of thioether (sulfide) groups is 1. The molecule has 0 rings (SSSR count). The fraction of sp³-hybridized carbons (Fsp3) is 0.913. The number of aliphatic carboxylic acids is 1. The number of carboxylic acids is 1. The minimum Gasteiger partial charge on any atom is -0.480 e. The average Bonchev–Trinajstić information content (AvgIpc) is 2.58. The topological polar surface area (TPSA) is 75.6 Å². The molecule has 172 valence electrons. The molecule has 0 aromatic heterocycles. The third-order valence-electron chi connectivity index (χ3n) is 5.16. The highest BCUT2D eigenvalue weighted by Crippen LogP contribution is 2.22. The van der Waals surface area contributed by atoms with Crippen LogP contribution in [0, 0.1) is 17.8 Å². The molecule has 0 heterocycles. The van der Waals surface area contributed by atoms with Crippen LogP contribution in [0.3, 0.4) is 0 Å². The summed E-state index contributed by atoms with van der Waals surface area (Å²) in [4.78, 5) is 23.2. The SMILES string of the molecule is CCC(C)CCCC(C)CCCC(C)CSCC(NC(=O)OC(C)(C)C)C(=O)O. The first-order valence-electron chi connectivity index (χ1n) is 11.2. The van der Waals surface area contributed by atoms with Crippen LogP contribution in [0.5, 0.6) is 0 Å². The molecular weight excluding hydrogens is 386 g/mol. The molecule has 0 radical (unpaired) electrons. The molecule has 0 saturated carbocycles. The molecule has 4 atom stereocenters. The highest BCUT2D eigenvalue weighted by atomic mass is 32.2. The van der Waals surface area contributed by atoms with Crippen LogP contribution in [0.25, 0.3) is 0 Å². The van der Waals surface area contributed by atoms with Gasteiger partial charge in [-0.15, -0.1) is 0 Å². The van der Waals surface area contributed by atoms with Gasteiger partial charge in [-0.1, -0.05) is 66.2 Å². The summed E-state index contributed by atoms with van der Waals surface area (Å²) in [5.74, 6) is 2.41. The molecule has 0 aliphatic rings. The maximum Gasteiger partial charge on any atom is 0.408 e. The molecule has 0 fully saturated rings. The number of hydrogen-bond acceptors (Lipinski definition) is 4. The van der Waals surface area contributed by atoms with Crippen LogP contribution in [-0.2, 0) is 9.53 Å². The van der Waals surface area contributed by atoms with E-state index in [1.807, 2.05) is 0 Å². The Morgan fingerprint density at radius 2 is 1.45 bits per heavy atom. The molecule has 2 N–H and O–H groups in total. The minimum atomic E-state index is -1.03.